The fourth-order valence-corrected chi connectivity index (χ4v) is 0.478. The lowest BCUT2D eigenvalue weighted by Gasteiger charge is -2.06. The van der Waals surface area contributed by atoms with Crippen LogP contribution >= 0.6 is 0 Å². The number of aliphatic hydroxyl groups excluding tert-OH is 2. The molecule has 5 nitrogen and oxygen atoms in total. The molecule has 0 amide bonds. The number of carbonyl (C=O) groups is 1. The van der Waals surface area contributed by atoms with Crippen molar-refractivity contribution in [3.05, 3.63) is 0 Å². The summed E-state index contributed by atoms with van der Waals surface area (Å²) in [4.78, 5) is 10.5. The molecule has 0 bridgehead atoms. The molecule has 0 rings (SSSR count). The van der Waals surface area contributed by atoms with Gasteiger partial charge in [0.2, 0.25) is 0 Å². The number of nitrogens with one attached hydrogen (secondary N) is 1. The Morgan fingerprint density at radius 2 is 2.36 bits per heavy atom. The van der Waals surface area contributed by atoms with Crippen molar-refractivity contribution < 1.29 is 19.7 Å². The van der Waals surface area contributed by atoms with Gasteiger partial charge in [-0.2, -0.15) is 0 Å². The van der Waals surface area contributed by atoms with Crippen LogP contribution < -0.4 is 5.32 Å². The minimum Gasteiger partial charge on any atom is -0.468 e. The van der Waals surface area contributed by atoms with E-state index in [1.807, 2.05) is 0 Å². The van der Waals surface area contributed by atoms with E-state index in [0.717, 1.165) is 0 Å². The van der Waals surface area contributed by atoms with Gasteiger partial charge < -0.3 is 20.3 Å². The summed E-state index contributed by atoms with van der Waals surface area (Å²) in [5.41, 5.74) is 0. The Kier molecular flexibility index (Phi) is 5.73. The first kappa shape index (κ1) is 10.3. The average molecular weight is 163 g/mol. The van der Waals surface area contributed by atoms with Gasteiger partial charge in [0.1, 0.15) is 0 Å². The third kappa shape index (κ3) is 5.78. The number of rotatable bonds is 5. The number of esters is 1. The van der Waals surface area contributed by atoms with E-state index >= 15 is 0 Å². The second kappa shape index (κ2) is 6.09. The largest absolute Gasteiger partial charge is 0.468 e. The van der Waals surface area contributed by atoms with Gasteiger partial charge in [0.25, 0.3) is 0 Å². The van der Waals surface area contributed by atoms with Crippen molar-refractivity contribution in [3.63, 3.8) is 0 Å². The minimum absolute atomic E-state index is 0.0492. The Labute approximate surface area is 65.0 Å². The molecule has 0 aliphatic carbocycles. The molecule has 3 N–H and O–H groups in total. The summed E-state index contributed by atoms with van der Waals surface area (Å²) >= 11 is 0. The first-order valence-electron chi connectivity index (χ1n) is 3.27. The fourth-order valence-electron chi connectivity index (χ4n) is 0.478. The molecule has 0 saturated heterocycles. The highest BCUT2D eigenvalue weighted by molar-refractivity contribution is 5.71. The Bertz CT molecular complexity index is 117. The molecule has 0 spiro atoms. The van der Waals surface area contributed by atoms with Crippen molar-refractivity contribution in [2.45, 2.75) is 6.10 Å². The third-order valence-electron chi connectivity index (χ3n) is 1.09. The van der Waals surface area contributed by atoms with Crippen molar-refractivity contribution in [2.24, 2.45) is 0 Å². The molecule has 0 heterocycles. The SMILES string of the molecule is COC(=O)CNC[C@H](O)CO. The van der Waals surface area contributed by atoms with E-state index in [-0.39, 0.29) is 19.7 Å². The van der Waals surface area contributed by atoms with Gasteiger partial charge in [0, 0.05) is 6.54 Å². The van der Waals surface area contributed by atoms with E-state index in [2.05, 4.69) is 10.1 Å². The Balaban J connectivity index is 3.20. The lowest BCUT2D eigenvalue weighted by Crippen LogP contribution is -2.33. The van der Waals surface area contributed by atoms with Gasteiger partial charge >= 0.3 is 5.97 Å². The van der Waals surface area contributed by atoms with Gasteiger partial charge in [-0.3, -0.25) is 4.79 Å². The molecule has 0 aromatic rings. The van der Waals surface area contributed by atoms with Gasteiger partial charge in [-0.05, 0) is 0 Å². The summed E-state index contributed by atoms with van der Waals surface area (Å²) in [5.74, 6) is -0.393. The molecule has 0 aromatic carbocycles. The number of hydrogen-bond donors (Lipinski definition) is 3. The summed E-state index contributed by atoms with van der Waals surface area (Å²) in [5, 5.41) is 19.7. The van der Waals surface area contributed by atoms with Crippen molar-refractivity contribution >= 4 is 5.97 Å². The van der Waals surface area contributed by atoms with Gasteiger partial charge in [-0.15, -0.1) is 0 Å². The quantitative estimate of drug-likeness (QED) is 0.413. The highest BCUT2D eigenvalue weighted by atomic mass is 16.5. The van der Waals surface area contributed by atoms with Gasteiger partial charge in [0.15, 0.2) is 0 Å². The van der Waals surface area contributed by atoms with Crippen LogP contribution in [0.15, 0.2) is 0 Å². The van der Waals surface area contributed by atoms with E-state index in [9.17, 15) is 4.79 Å². The van der Waals surface area contributed by atoms with Crippen molar-refractivity contribution in [3.8, 4) is 0 Å². The lowest BCUT2D eigenvalue weighted by atomic mass is 10.4. The number of hydrogen-bond acceptors (Lipinski definition) is 5. The van der Waals surface area contributed by atoms with Gasteiger partial charge in [-0.25, -0.2) is 0 Å². The van der Waals surface area contributed by atoms with Crippen LogP contribution in [0.4, 0.5) is 0 Å². The van der Waals surface area contributed by atoms with E-state index in [1.165, 1.54) is 7.11 Å². The highest BCUT2D eigenvalue weighted by Crippen LogP contribution is 1.76. The maximum atomic E-state index is 10.5. The minimum atomic E-state index is -0.820. The van der Waals surface area contributed by atoms with Crippen LogP contribution in [0.25, 0.3) is 0 Å². The molecule has 0 unspecified atom stereocenters. The zero-order chi connectivity index (χ0) is 8.69. The molecule has 0 fully saturated rings. The molecular weight excluding hydrogens is 150 g/mol. The van der Waals surface area contributed by atoms with Crippen molar-refractivity contribution in [1.29, 1.82) is 0 Å². The molecule has 0 radical (unpaired) electrons. The first-order chi connectivity index (χ1) is 5.20. The van der Waals surface area contributed by atoms with E-state index in [4.69, 9.17) is 10.2 Å². The van der Waals surface area contributed by atoms with Crippen LogP contribution in [0.5, 0.6) is 0 Å². The van der Waals surface area contributed by atoms with E-state index in [0.29, 0.717) is 0 Å². The lowest BCUT2D eigenvalue weighted by molar-refractivity contribution is -0.139. The summed E-state index contributed by atoms with van der Waals surface area (Å²) in [6.45, 7) is -0.0761. The molecular formula is C6H13NO4. The van der Waals surface area contributed by atoms with Crippen LogP contribution in [-0.4, -0.2) is 49.1 Å². The summed E-state index contributed by atoms with van der Waals surface area (Å²) in [6.07, 6.45) is -0.820. The molecule has 11 heavy (non-hydrogen) atoms. The summed E-state index contributed by atoms with van der Waals surface area (Å²) in [7, 11) is 1.28. The molecule has 0 aliphatic heterocycles. The molecule has 0 aliphatic rings. The standard InChI is InChI=1S/C6H13NO4/c1-11-6(10)3-7-2-5(9)4-8/h5,7-9H,2-4H2,1H3/t5-/m0/s1. The first-order valence-corrected chi connectivity index (χ1v) is 3.27. The fraction of sp³-hybridized carbons (Fsp3) is 0.833. The van der Waals surface area contributed by atoms with Crippen LogP contribution in [0.2, 0.25) is 0 Å². The second-order valence-corrected chi connectivity index (χ2v) is 2.04. The van der Waals surface area contributed by atoms with Gasteiger partial charge in [0.05, 0.1) is 26.4 Å². The number of carbonyl (C=O) groups excluding carboxylic acids is 1. The predicted molar refractivity (Wildman–Crippen MR) is 38.0 cm³/mol. The number of methoxy groups -OCH3 is 1. The monoisotopic (exact) mass is 163 g/mol. The summed E-state index contributed by atoms with van der Waals surface area (Å²) < 4.78 is 4.32. The van der Waals surface area contributed by atoms with Crippen LogP contribution in [-0.2, 0) is 9.53 Å². The highest BCUT2D eigenvalue weighted by Gasteiger charge is 2.02. The van der Waals surface area contributed by atoms with Crippen molar-refractivity contribution in [2.75, 3.05) is 26.8 Å². The molecule has 66 valence electrons. The molecule has 0 saturated carbocycles. The summed E-state index contributed by atoms with van der Waals surface area (Å²) in [6, 6.07) is 0. The van der Waals surface area contributed by atoms with E-state index < -0.39 is 12.1 Å². The molecule has 1 atom stereocenters. The van der Waals surface area contributed by atoms with Crippen molar-refractivity contribution in [1.82, 2.24) is 5.32 Å². The Hall–Kier alpha value is -0.650. The van der Waals surface area contributed by atoms with Crippen LogP contribution in [0.1, 0.15) is 0 Å². The zero-order valence-corrected chi connectivity index (χ0v) is 6.41. The Morgan fingerprint density at radius 3 is 2.82 bits per heavy atom. The molecule has 0 aromatic heterocycles. The zero-order valence-electron chi connectivity index (χ0n) is 6.41. The second-order valence-electron chi connectivity index (χ2n) is 2.04. The smallest absolute Gasteiger partial charge is 0.319 e. The van der Waals surface area contributed by atoms with Gasteiger partial charge in [-0.1, -0.05) is 0 Å². The molecule has 5 heteroatoms. The van der Waals surface area contributed by atoms with Crippen LogP contribution in [0.3, 0.4) is 0 Å². The average Bonchev–Trinajstić information content (AvgIpc) is 2.04. The number of aliphatic hydroxyl groups is 2. The third-order valence-corrected chi connectivity index (χ3v) is 1.09. The van der Waals surface area contributed by atoms with E-state index in [1.54, 1.807) is 0 Å². The predicted octanol–water partition coefficient (Wildman–Crippen LogP) is -1.90. The maximum absolute atomic E-state index is 10.5. The maximum Gasteiger partial charge on any atom is 0.319 e. The normalized spacial score (nSPS) is 12.6. The van der Waals surface area contributed by atoms with Crippen LogP contribution in [0, 0.1) is 0 Å². The number of ether oxygens (including phenoxy) is 1. The Morgan fingerprint density at radius 1 is 1.73 bits per heavy atom. The topological polar surface area (TPSA) is 78.8 Å².